The molecule has 0 aliphatic heterocycles. The molecule has 1 aromatic heterocycles. The first-order chi connectivity index (χ1) is 9.28. The molecule has 2 rings (SSSR count). The first-order valence-electron chi connectivity index (χ1n) is 6.64. The summed E-state index contributed by atoms with van der Waals surface area (Å²) < 4.78 is 1.86. The van der Waals surface area contributed by atoms with Gasteiger partial charge in [-0.25, -0.2) is 0 Å². The molecular weight excluding hydrogens is 238 g/mol. The molecular formula is C15H19N3O. The van der Waals surface area contributed by atoms with E-state index in [1.807, 2.05) is 36.0 Å². The van der Waals surface area contributed by atoms with Crippen LogP contribution in [0.4, 0.5) is 5.69 Å². The highest BCUT2D eigenvalue weighted by Gasteiger charge is 2.03. The van der Waals surface area contributed by atoms with E-state index in [9.17, 15) is 4.79 Å². The lowest BCUT2D eigenvalue weighted by Crippen LogP contribution is -2.10. The fraction of sp³-hybridized carbons (Fsp3) is 0.333. The van der Waals surface area contributed by atoms with Crippen LogP contribution in [0.3, 0.4) is 0 Å². The van der Waals surface area contributed by atoms with Crippen molar-refractivity contribution in [3.05, 3.63) is 48.3 Å². The van der Waals surface area contributed by atoms with Gasteiger partial charge in [0.05, 0.1) is 11.9 Å². The molecule has 0 aliphatic carbocycles. The lowest BCUT2D eigenvalue weighted by atomic mass is 10.1. The molecule has 0 radical (unpaired) electrons. The standard InChI is InChI=1S/C15H19N3O/c1-2-6-15(19)17-14-11-16-18(12-14)10-9-13-7-4-3-5-8-13/h3-5,7-8,11-12H,2,6,9-10H2,1H3,(H,17,19). The number of anilines is 1. The van der Waals surface area contributed by atoms with Crippen molar-refractivity contribution in [2.24, 2.45) is 0 Å². The van der Waals surface area contributed by atoms with E-state index in [4.69, 9.17) is 0 Å². The van der Waals surface area contributed by atoms with Gasteiger partial charge in [0.1, 0.15) is 0 Å². The van der Waals surface area contributed by atoms with Gasteiger partial charge in [0.15, 0.2) is 0 Å². The molecule has 1 N–H and O–H groups in total. The average molecular weight is 257 g/mol. The van der Waals surface area contributed by atoms with Crippen molar-refractivity contribution in [2.45, 2.75) is 32.7 Å². The quantitative estimate of drug-likeness (QED) is 0.865. The zero-order chi connectivity index (χ0) is 13.5. The minimum absolute atomic E-state index is 0.0464. The first kappa shape index (κ1) is 13.3. The van der Waals surface area contributed by atoms with Crippen LogP contribution < -0.4 is 5.32 Å². The summed E-state index contributed by atoms with van der Waals surface area (Å²) in [5, 5.41) is 7.09. The summed E-state index contributed by atoms with van der Waals surface area (Å²) in [7, 11) is 0. The van der Waals surface area contributed by atoms with Gasteiger partial charge in [0.25, 0.3) is 0 Å². The monoisotopic (exact) mass is 257 g/mol. The van der Waals surface area contributed by atoms with Gasteiger partial charge in [-0.2, -0.15) is 5.10 Å². The van der Waals surface area contributed by atoms with E-state index in [2.05, 4.69) is 22.5 Å². The van der Waals surface area contributed by atoms with E-state index in [0.717, 1.165) is 25.1 Å². The molecule has 4 heteroatoms. The first-order valence-corrected chi connectivity index (χ1v) is 6.64. The van der Waals surface area contributed by atoms with E-state index in [1.54, 1.807) is 6.20 Å². The summed E-state index contributed by atoms with van der Waals surface area (Å²) >= 11 is 0. The topological polar surface area (TPSA) is 46.9 Å². The Morgan fingerprint density at radius 1 is 1.32 bits per heavy atom. The molecule has 0 aliphatic rings. The fourth-order valence-electron chi connectivity index (χ4n) is 1.89. The van der Waals surface area contributed by atoms with Crippen LogP contribution in [0, 0.1) is 0 Å². The van der Waals surface area contributed by atoms with Crippen molar-refractivity contribution in [1.82, 2.24) is 9.78 Å². The Morgan fingerprint density at radius 2 is 2.11 bits per heavy atom. The third-order valence-corrected chi connectivity index (χ3v) is 2.87. The maximum atomic E-state index is 11.5. The minimum atomic E-state index is 0.0464. The molecule has 0 saturated heterocycles. The minimum Gasteiger partial charge on any atom is -0.323 e. The molecule has 0 bridgehead atoms. The molecule has 0 unspecified atom stereocenters. The average Bonchev–Trinajstić information content (AvgIpc) is 2.85. The summed E-state index contributed by atoms with van der Waals surface area (Å²) in [6, 6.07) is 10.3. The second kappa shape index (κ2) is 6.73. The van der Waals surface area contributed by atoms with Crippen LogP contribution in [-0.2, 0) is 17.8 Å². The Bertz CT molecular complexity index is 519. The van der Waals surface area contributed by atoms with Crippen molar-refractivity contribution >= 4 is 11.6 Å². The number of hydrogen-bond donors (Lipinski definition) is 1. The van der Waals surface area contributed by atoms with Crippen LogP contribution in [-0.4, -0.2) is 15.7 Å². The molecule has 0 saturated carbocycles. The van der Waals surface area contributed by atoms with E-state index < -0.39 is 0 Å². The van der Waals surface area contributed by atoms with Gasteiger partial charge in [0.2, 0.25) is 5.91 Å². The molecule has 1 amide bonds. The summed E-state index contributed by atoms with van der Waals surface area (Å²) in [6.45, 7) is 2.80. The SMILES string of the molecule is CCCC(=O)Nc1cnn(CCc2ccccc2)c1. The van der Waals surface area contributed by atoms with Crippen molar-refractivity contribution in [3.8, 4) is 0 Å². The Morgan fingerprint density at radius 3 is 2.84 bits per heavy atom. The highest BCUT2D eigenvalue weighted by Crippen LogP contribution is 2.07. The van der Waals surface area contributed by atoms with Gasteiger partial charge < -0.3 is 5.32 Å². The molecule has 1 heterocycles. The molecule has 0 fully saturated rings. The van der Waals surface area contributed by atoms with Crippen molar-refractivity contribution < 1.29 is 4.79 Å². The summed E-state index contributed by atoms with van der Waals surface area (Å²) in [5.74, 6) is 0.0464. The summed E-state index contributed by atoms with van der Waals surface area (Å²) in [6.07, 6.45) is 5.91. The normalized spacial score (nSPS) is 10.4. The highest BCUT2D eigenvalue weighted by molar-refractivity contribution is 5.90. The van der Waals surface area contributed by atoms with Gasteiger partial charge in [-0.1, -0.05) is 37.3 Å². The van der Waals surface area contributed by atoms with Gasteiger partial charge in [-0.15, -0.1) is 0 Å². The maximum Gasteiger partial charge on any atom is 0.224 e. The number of nitrogens with one attached hydrogen (secondary N) is 1. The number of aromatic nitrogens is 2. The molecule has 100 valence electrons. The van der Waals surface area contributed by atoms with Crippen molar-refractivity contribution in [2.75, 3.05) is 5.32 Å². The van der Waals surface area contributed by atoms with Crippen LogP contribution in [0.1, 0.15) is 25.3 Å². The number of carbonyl (C=O) groups is 1. The molecule has 0 atom stereocenters. The van der Waals surface area contributed by atoms with Crippen LogP contribution in [0.5, 0.6) is 0 Å². The number of amides is 1. The summed E-state index contributed by atoms with van der Waals surface area (Å²) in [5.41, 5.74) is 2.06. The smallest absolute Gasteiger partial charge is 0.224 e. The van der Waals surface area contributed by atoms with Gasteiger partial charge >= 0.3 is 0 Å². The lowest BCUT2D eigenvalue weighted by Gasteiger charge is -2.02. The van der Waals surface area contributed by atoms with E-state index in [0.29, 0.717) is 6.42 Å². The van der Waals surface area contributed by atoms with Crippen LogP contribution in [0.2, 0.25) is 0 Å². The third-order valence-electron chi connectivity index (χ3n) is 2.87. The largest absolute Gasteiger partial charge is 0.323 e. The number of aryl methyl sites for hydroxylation is 2. The van der Waals surface area contributed by atoms with Crippen molar-refractivity contribution in [3.63, 3.8) is 0 Å². The Hall–Kier alpha value is -2.10. The van der Waals surface area contributed by atoms with Crippen molar-refractivity contribution in [1.29, 1.82) is 0 Å². The number of benzene rings is 1. The number of nitrogens with zero attached hydrogens (tertiary/aromatic N) is 2. The Labute approximate surface area is 113 Å². The zero-order valence-corrected chi connectivity index (χ0v) is 11.2. The van der Waals surface area contributed by atoms with Crippen LogP contribution in [0.15, 0.2) is 42.7 Å². The van der Waals surface area contributed by atoms with E-state index in [-0.39, 0.29) is 5.91 Å². The molecule has 4 nitrogen and oxygen atoms in total. The second-order valence-electron chi connectivity index (χ2n) is 4.53. The zero-order valence-electron chi connectivity index (χ0n) is 11.2. The molecule has 19 heavy (non-hydrogen) atoms. The van der Waals surface area contributed by atoms with E-state index >= 15 is 0 Å². The van der Waals surface area contributed by atoms with E-state index in [1.165, 1.54) is 5.56 Å². The number of hydrogen-bond acceptors (Lipinski definition) is 2. The Balaban J connectivity index is 1.85. The molecule has 1 aromatic carbocycles. The number of carbonyl (C=O) groups excluding carboxylic acids is 1. The van der Waals surface area contributed by atoms with Crippen LogP contribution >= 0.6 is 0 Å². The lowest BCUT2D eigenvalue weighted by molar-refractivity contribution is -0.116. The number of rotatable bonds is 6. The highest BCUT2D eigenvalue weighted by atomic mass is 16.1. The second-order valence-corrected chi connectivity index (χ2v) is 4.53. The van der Waals surface area contributed by atoms with Crippen LogP contribution in [0.25, 0.3) is 0 Å². The molecule has 0 spiro atoms. The fourth-order valence-corrected chi connectivity index (χ4v) is 1.89. The molecule has 2 aromatic rings. The van der Waals surface area contributed by atoms with Gasteiger partial charge in [-0.05, 0) is 18.4 Å². The third kappa shape index (κ3) is 4.25. The predicted molar refractivity (Wildman–Crippen MR) is 75.9 cm³/mol. The predicted octanol–water partition coefficient (Wildman–Crippen LogP) is 2.86. The van der Waals surface area contributed by atoms with Gasteiger partial charge in [-0.3, -0.25) is 9.48 Å². The van der Waals surface area contributed by atoms with Gasteiger partial charge in [0, 0.05) is 19.2 Å². The summed E-state index contributed by atoms with van der Waals surface area (Å²) in [4.78, 5) is 11.5. The Kier molecular flexibility index (Phi) is 4.72. The maximum absolute atomic E-state index is 11.5.